The molecule has 0 saturated heterocycles. The van der Waals surface area contributed by atoms with E-state index in [-0.39, 0.29) is 108 Å². The smallest absolute Gasteiger partial charge is 0.322 e. The number of hydrazone groups is 1. The van der Waals surface area contributed by atoms with Gasteiger partial charge in [-0.3, -0.25) is 19.4 Å². The Morgan fingerprint density at radius 2 is 1.62 bits per heavy atom. The van der Waals surface area contributed by atoms with E-state index in [1.165, 1.54) is 25.1 Å². The zero-order valence-electron chi connectivity index (χ0n) is 17.6. The standard InChI is InChI=1S/C18H19FN2O7P2.2K/c1-11(13-7-8-14(15(19)9-13)12-5-3-2-4-6-12)17(22)16-10-18(21-20-16,29(23,24)25)30(26,27)28;;/h2-9,11,21H,10H2,1H3,(H2,23,24,25)(H2,26,27,28);;. The quantitative estimate of drug-likeness (QED) is 0.277. The molecule has 0 fully saturated rings. The van der Waals surface area contributed by atoms with Crippen LogP contribution in [0.1, 0.15) is 24.8 Å². The first-order valence-corrected chi connectivity index (χ1v) is 11.9. The Labute approximate surface area is 268 Å². The second-order valence-electron chi connectivity index (χ2n) is 6.94. The summed E-state index contributed by atoms with van der Waals surface area (Å²) < 4.78 is 38.1. The first-order chi connectivity index (χ1) is 13.9. The van der Waals surface area contributed by atoms with Gasteiger partial charge in [0.25, 0.3) is 5.02 Å². The van der Waals surface area contributed by atoms with Crippen molar-refractivity contribution in [3.05, 3.63) is 59.9 Å². The summed E-state index contributed by atoms with van der Waals surface area (Å²) in [7, 11) is -10.8. The maximum absolute atomic E-state index is 14.6. The average molecular weight is 534 g/mol. The fourth-order valence-electron chi connectivity index (χ4n) is 3.17. The van der Waals surface area contributed by atoms with Crippen LogP contribution in [-0.4, -0.2) is 139 Å². The van der Waals surface area contributed by atoms with Crippen LogP contribution in [0.15, 0.2) is 53.6 Å². The minimum absolute atomic E-state index is 0. The molecule has 14 heteroatoms. The van der Waals surface area contributed by atoms with Crippen molar-refractivity contribution >= 4 is 129 Å². The van der Waals surface area contributed by atoms with E-state index in [4.69, 9.17) is 0 Å². The number of carbonyl (C=O) groups excluding carboxylic acids is 1. The van der Waals surface area contributed by atoms with Crippen molar-refractivity contribution in [2.45, 2.75) is 24.3 Å². The van der Waals surface area contributed by atoms with Gasteiger partial charge in [-0.05, 0) is 17.2 Å². The van der Waals surface area contributed by atoms with Crippen LogP contribution in [0.25, 0.3) is 11.1 Å². The SMILES string of the molecule is CC(C(=O)C1=NNC(P(=O)(O)O)(P(=O)(O)O)C1)c1ccc(-c2ccccc2)c(F)c1.[K].[K]. The molecule has 1 aliphatic rings. The van der Waals surface area contributed by atoms with Gasteiger partial charge >= 0.3 is 15.2 Å². The van der Waals surface area contributed by atoms with Crippen LogP contribution in [0, 0.1) is 5.82 Å². The number of hydrogen-bond donors (Lipinski definition) is 5. The predicted octanol–water partition coefficient (Wildman–Crippen LogP) is 1.76. The zero-order valence-corrected chi connectivity index (χ0v) is 25.7. The fourth-order valence-corrected chi connectivity index (χ4v) is 5.60. The molecule has 9 nitrogen and oxygen atoms in total. The summed E-state index contributed by atoms with van der Waals surface area (Å²) in [5.41, 5.74) is 2.62. The Morgan fingerprint density at radius 3 is 2.09 bits per heavy atom. The summed E-state index contributed by atoms with van der Waals surface area (Å²) >= 11 is 0. The molecule has 2 aromatic rings. The largest absolute Gasteiger partial charge is 0.365 e. The second kappa shape index (κ2) is 11.9. The molecule has 3 rings (SSSR count). The van der Waals surface area contributed by atoms with Crippen molar-refractivity contribution in [2.24, 2.45) is 5.10 Å². The van der Waals surface area contributed by atoms with Crippen molar-refractivity contribution < 1.29 is 37.9 Å². The molecule has 0 saturated carbocycles. The monoisotopic (exact) mass is 534 g/mol. The molecule has 0 bridgehead atoms. The van der Waals surface area contributed by atoms with E-state index < -0.39 is 49.9 Å². The van der Waals surface area contributed by atoms with Gasteiger partial charge < -0.3 is 19.6 Å². The van der Waals surface area contributed by atoms with Crippen LogP contribution in [-0.2, 0) is 13.9 Å². The third kappa shape index (κ3) is 6.25. The van der Waals surface area contributed by atoms with Crippen molar-refractivity contribution in [1.29, 1.82) is 0 Å². The molecular weight excluding hydrogens is 515 g/mol. The van der Waals surface area contributed by atoms with Crippen molar-refractivity contribution in [2.75, 3.05) is 0 Å². The van der Waals surface area contributed by atoms with E-state index in [2.05, 4.69) is 5.10 Å². The van der Waals surface area contributed by atoms with Crippen LogP contribution >= 0.6 is 15.2 Å². The first-order valence-electron chi connectivity index (χ1n) is 8.71. The number of carbonyl (C=O) groups is 1. The van der Waals surface area contributed by atoms with Gasteiger partial charge in [0.05, 0.1) is 0 Å². The normalized spacial score (nSPS) is 16.1. The molecule has 32 heavy (non-hydrogen) atoms. The van der Waals surface area contributed by atoms with E-state index in [0.29, 0.717) is 11.1 Å². The summed E-state index contributed by atoms with van der Waals surface area (Å²) in [4.78, 5) is 50.6. The Morgan fingerprint density at radius 1 is 1.06 bits per heavy atom. The number of Topliss-reactive ketones (excluding diaryl/α,β-unsaturated/α-hetero) is 1. The first kappa shape index (κ1) is 31.1. The number of ketones is 1. The van der Waals surface area contributed by atoms with Crippen LogP contribution < -0.4 is 5.43 Å². The molecule has 0 spiro atoms. The summed E-state index contributed by atoms with van der Waals surface area (Å²) in [6, 6.07) is 13.0. The maximum Gasteiger partial charge on any atom is 0.365 e. The summed E-state index contributed by atoms with van der Waals surface area (Å²) in [6.45, 7) is 1.44. The average Bonchev–Trinajstić information content (AvgIpc) is 3.14. The van der Waals surface area contributed by atoms with E-state index >= 15 is 0 Å². The van der Waals surface area contributed by atoms with E-state index in [1.54, 1.807) is 35.8 Å². The third-order valence-corrected chi connectivity index (χ3v) is 9.01. The molecule has 2 aromatic carbocycles. The fraction of sp³-hybridized carbons (Fsp3) is 0.222. The van der Waals surface area contributed by atoms with Crippen LogP contribution in [0.5, 0.6) is 0 Å². The predicted molar refractivity (Wildman–Crippen MR) is 119 cm³/mol. The molecule has 1 atom stereocenters. The minimum atomic E-state index is -5.39. The van der Waals surface area contributed by atoms with Gasteiger partial charge in [0.15, 0.2) is 5.78 Å². The third-order valence-electron chi connectivity index (χ3n) is 5.00. The molecule has 1 heterocycles. The van der Waals surface area contributed by atoms with Crippen LogP contribution in [0.4, 0.5) is 4.39 Å². The van der Waals surface area contributed by atoms with Crippen molar-refractivity contribution in [3.63, 3.8) is 0 Å². The molecule has 162 valence electrons. The number of benzene rings is 2. The topological polar surface area (TPSA) is 157 Å². The Bertz CT molecular complexity index is 1100. The van der Waals surface area contributed by atoms with Gasteiger partial charge in [-0.1, -0.05) is 49.4 Å². The van der Waals surface area contributed by atoms with Crippen LogP contribution in [0.2, 0.25) is 0 Å². The van der Waals surface area contributed by atoms with E-state index in [9.17, 15) is 37.9 Å². The van der Waals surface area contributed by atoms with Crippen molar-refractivity contribution in [1.82, 2.24) is 5.43 Å². The molecule has 1 aliphatic heterocycles. The number of halogens is 1. The number of nitrogens with zero attached hydrogens (tertiary/aromatic N) is 1. The number of rotatable bonds is 6. The van der Waals surface area contributed by atoms with E-state index in [0.717, 1.165) is 0 Å². The van der Waals surface area contributed by atoms with Gasteiger partial charge in [-0.25, -0.2) is 4.39 Å². The summed E-state index contributed by atoms with van der Waals surface area (Å²) in [6.07, 6.45) is -0.963. The molecular formula is C18H19FK2N2O7P2. The van der Waals surface area contributed by atoms with Gasteiger partial charge in [0.2, 0.25) is 0 Å². The van der Waals surface area contributed by atoms with Crippen molar-refractivity contribution in [3.8, 4) is 11.1 Å². The molecule has 5 N–H and O–H groups in total. The number of nitrogens with one attached hydrogen (secondary N) is 1. The maximum atomic E-state index is 14.6. The second-order valence-corrected chi connectivity index (χ2v) is 11.0. The van der Waals surface area contributed by atoms with Gasteiger partial charge in [-0.2, -0.15) is 5.10 Å². The van der Waals surface area contributed by atoms with E-state index in [1.807, 2.05) is 0 Å². The Hall–Kier alpha value is 1.08. The Balaban J connectivity index is 0.00000256. The molecule has 2 radical (unpaired) electrons. The molecule has 0 amide bonds. The van der Waals surface area contributed by atoms with Gasteiger partial charge in [0, 0.05) is 121 Å². The summed E-state index contributed by atoms with van der Waals surface area (Å²) in [5.74, 6) is -2.27. The minimum Gasteiger partial charge on any atom is -0.322 e. The molecule has 1 unspecified atom stereocenters. The van der Waals surface area contributed by atoms with Crippen LogP contribution in [0.3, 0.4) is 0 Å². The summed E-state index contributed by atoms with van der Waals surface area (Å²) in [5, 5.41) is 0.502. The van der Waals surface area contributed by atoms with Gasteiger partial charge in [-0.15, -0.1) is 0 Å². The number of hydrogen-bond acceptors (Lipinski definition) is 5. The molecule has 0 aromatic heterocycles. The Kier molecular flexibility index (Phi) is 11.5. The zero-order chi connectivity index (χ0) is 22.3. The molecule has 0 aliphatic carbocycles. The van der Waals surface area contributed by atoms with Gasteiger partial charge in [0.1, 0.15) is 11.5 Å².